The van der Waals surface area contributed by atoms with E-state index in [9.17, 15) is 0 Å². The van der Waals surface area contributed by atoms with Crippen molar-refractivity contribution in [3.8, 4) is 0 Å². The van der Waals surface area contributed by atoms with Crippen LogP contribution in [-0.2, 0) is 9.47 Å². The molecule has 0 aromatic rings. The minimum absolute atomic E-state index is 0.0563. The lowest BCUT2D eigenvalue weighted by Crippen LogP contribution is -2.13. The van der Waals surface area contributed by atoms with Gasteiger partial charge >= 0.3 is 0 Å². The summed E-state index contributed by atoms with van der Waals surface area (Å²) >= 11 is 0. The molecule has 0 radical (unpaired) electrons. The monoisotopic (exact) mass is 240 g/mol. The van der Waals surface area contributed by atoms with Crippen molar-refractivity contribution in [2.45, 2.75) is 83.7 Å². The van der Waals surface area contributed by atoms with Crippen LogP contribution in [0.1, 0.15) is 65.2 Å². The van der Waals surface area contributed by atoms with Crippen molar-refractivity contribution >= 4 is 0 Å². The maximum atomic E-state index is 5.70. The van der Waals surface area contributed by atoms with Gasteiger partial charge in [0.25, 0.3) is 0 Å². The number of hydrogen-bond acceptors (Lipinski definition) is 2. The first-order valence-corrected chi connectivity index (χ1v) is 7.16. The molecule has 17 heavy (non-hydrogen) atoms. The lowest BCUT2D eigenvalue weighted by Gasteiger charge is -2.09. The second-order valence-corrected chi connectivity index (χ2v) is 5.10. The Morgan fingerprint density at radius 1 is 0.882 bits per heavy atom. The highest BCUT2D eigenvalue weighted by Gasteiger charge is 2.28. The third-order valence-corrected chi connectivity index (χ3v) is 3.49. The van der Waals surface area contributed by atoms with E-state index in [2.05, 4.69) is 20.4 Å². The van der Waals surface area contributed by atoms with Gasteiger partial charge in [-0.1, -0.05) is 31.8 Å². The number of hydrogen-bond donors (Lipinski definition) is 0. The van der Waals surface area contributed by atoms with Crippen LogP contribution in [0.25, 0.3) is 0 Å². The zero-order chi connectivity index (χ0) is 12.5. The highest BCUT2D eigenvalue weighted by molar-refractivity contribution is 4.69. The normalized spacial score (nSPS) is 28.5. The minimum Gasteiger partial charge on any atom is -0.347 e. The molecule has 1 saturated heterocycles. The number of allylic oxidation sites excluding steroid dienone is 1. The number of ether oxygens (including phenoxy) is 2. The molecule has 0 spiro atoms. The van der Waals surface area contributed by atoms with E-state index in [1.165, 1.54) is 44.9 Å². The van der Waals surface area contributed by atoms with Gasteiger partial charge in [0, 0.05) is 0 Å². The highest BCUT2D eigenvalue weighted by atomic mass is 16.7. The van der Waals surface area contributed by atoms with E-state index in [1.54, 1.807) is 0 Å². The number of unbranched alkanes of at least 4 members (excludes halogenated alkanes) is 6. The molecule has 2 nitrogen and oxygen atoms in total. The molecule has 1 aliphatic heterocycles. The Morgan fingerprint density at radius 3 is 2.00 bits per heavy atom. The summed E-state index contributed by atoms with van der Waals surface area (Å²) in [5.41, 5.74) is 0. The van der Waals surface area contributed by atoms with Crippen LogP contribution in [0.4, 0.5) is 0 Å². The van der Waals surface area contributed by atoms with Gasteiger partial charge in [0.15, 0.2) is 6.29 Å². The van der Waals surface area contributed by atoms with E-state index >= 15 is 0 Å². The van der Waals surface area contributed by atoms with Crippen molar-refractivity contribution in [1.82, 2.24) is 0 Å². The minimum atomic E-state index is 0.0563. The standard InChI is InChI=1S/C15H28O2/c1-4-5-6-7-8-9-10-11-12-15-16-13(2)14(3)17-15/h4,13-15H,1,5-12H2,2-3H3. The van der Waals surface area contributed by atoms with Crippen molar-refractivity contribution in [2.75, 3.05) is 0 Å². The summed E-state index contributed by atoms with van der Waals surface area (Å²) in [6, 6.07) is 0. The summed E-state index contributed by atoms with van der Waals surface area (Å²) in [5.74, 6) is 0. The third kappa shape index (κ3) is 6.23. The second-order valence-electron chi connectivity index (χ2n) is 5.10. The van der Waals surface area contributed by atoms with Crippen LogP contribution in [0.5, 0.6) is 0 Å². The third-order valence-electron chi connectivity index (χ3n) is 3.49. The van der Waals surface area contributed by atoms with E-state index in [-0.39, 0.29) is 18.5 Å². The molecule has 0 amide bonds. The zero-order valence-corrected chi connectivity index (χ0v) is 11.5. The Balaban J connectivity index is 1.86. The summed E-state index contributed by atoms with van der Waals surface area (Å²) in [4.78, 5) is 0. The van der Waals surface area contributed by atoms with Gasteiger partial charge in [0.05, 0.1) is 12.2 Å². The lowest BCUT2D eigenvalue weighted by atomic mass is 10.1. The summed E-state index contributed by atoms with van der Waals surface area (Å²) in [6.07, 6.45) is 12.7. The fraction of sp³-hybridized carbons (Fsp3) is 0.867. The molecule has 0 aromatic heterocycles. The Kier molecular flexibility index (Phi) is 7.54. The average molecular weight is 240 g/mol. The fourth-order valence-electron chi connectivity index (χ4n) is 2.18. The van der Waals surface area contributed by atoms with Gasteiger partial charge in [-0.3, -0.25) is 0 Å². The molecule has 2 unspecified atom stereocenters. The van der Waals surface area contributed by atoms with Crippen LogP contribution in [0.3, 0.4) is 0 Å². The lowest BCUT2D eigenvalue weighted by molar-refractivity contribution is -0.0681. The van der Waals surface area contributed by atoms with Crippen LogP contribution in [-0.4, -0.2) is 18.5 Å². The van der Waals surface area contributed by atoms with Crippen molar-refractivity contribution in [3.63, 3.8) is 0 Å². The second kappa shape index (κ2) is 8.71. The van der Waals surface area contributed by atoms with Crippen molar-refractivity contribution in [3.05, 3.63) is 12.7 Å². The van der Waals surface area contributed by atoms with Gasteiger partial charge in [-0.25, -0.2) is 0 Å². The Labute approximate surface area is 106 Å². The molecule has 0 aromatic carbocycles. The van der Waals surface area contributed by atoms with E-state index in [4.69, 9.17) is 9.47 Å². The predicted octanol–water partition coefficient (Wildman–Crippen LogP) is 4.44. The molecule has 1 aliphatic rings. The molecule has 1 rings (SSSR count). The molecule has 2 atom stereocenters. The molecule has 1 fully saturated rings. The van der Waals surface area contributed by atoms with Gasteiger partial charge in [0.2, 0.25) is 0 Å². The van der Waals surface area contributed by atoms with Gasteiger partial charge in [-0.2, -0.15) is 0 Å². The first kappa shape index (κ1) is 14.7. The largest absolute Gasteiger partial charge is 0.347 e. The van der Waals surface area contributed by atoms with Crippen molar-refractivity contribution < 1.29 is 9.47 Å². The number of rotatable bonds is 9. The summed E-state index contributed by atoms with van der Waals surface area (Å²) in [6.45, 7) is 7.91. The predicted molar refractivity (Wildman–Crippen MR) is 72.0 cm³/mol. The molecular formula is C15H28O2. The van der Waals surface area contributed by atoms with Crippen LogP contribution in [0.2, 0.25) is 0 Å². The van der Waals surface area contributed by atoms with E-state index in [0.717, 1.165) is 6.42 Å². The first-order valence-electron chi connectivity index (χ1n) is 7.16. The van der Waals surface area contributed by atoms with E-state index in [0.29, 0.717) is 0 Å². The maximum absolute atomic E-state index is 5.70. The summed E-state index contributed by atoms with van der Waals surface area (Å²) in [7, 11) is 0. The SMILES string of the molecule is C=CCCCCCCCCC1OC(C)C(C)O1. The molecule has 1 heterocycles. The average Bonchev–Trinajstić information content (AvgIpc) is 2.62. The molecule has 0 bridgehead atoms. The smallest absolute Gasteiger partial charge is 0.158 e. The molecular weight excluding hydrogens is 212 g/mol. The Morgan fingerprint density at radius 2 is 1.41 bits per heavy atom. The molecule has 2 heteroatoms. The van der Waals surface area contributed by atoms with Gasteiger partial charge in [0.1, 0.15) is 0 Å². The van der Waals surface area contributed by atoms with Gasteiger partial charge < -0.3 is 9.47 Å². The zero-order valence-electron chi connectivity index (χ0n) is 11.5. The molecule has 0 N–H and O–H groups in total. The van der Waals surface area contributed by atoms with Crippen LogP contribution in [0, 0.1) is 0 Å². The molecule has 0 aliphatic carbocycles. The summed E-state index contributed by atoms with van der Waals surface area (Å²) in [5, 5.41) is 0. The fourth-order valence-corrected chi connectivity index (χ4v) is 2.18. The van der Waals surface area contributed by atoms with Gasteiger partial charge in [-0.05, 0) is 39.5 Å². The highest BCUT2D eigenvalue weighted by Crippen LogP contribution is 2.22. The molecule has 100 valence electrons. The summed E-state index contributed by atoms with van der Waals surface area (Å²) < 4.78 is 11.4. The topological polar surface area (TPSA) is 18.5 Å². The molecule has 0 saturated carbocycles. The van der Waals surface area contributed by atoms with E-state index in [1.807, 2.05) is 6.08 Å². The van der Waals surface area contributed by atoms with Crippen molar-refractivity contribution in [2.24, 2.45) is 0 Å². The van der Waals surface area contributed by atoms with Crippen LogP contribution in [0.15, 0.2) is 12.7 Å². The van der Waals surface area contributed by atoms with Crippen LogP contribution >= 0.6 is 0 Å². The van der Waals surface area contributed by atoms with Crippen molar-refractivity contribution in [1.29, 1.82) is 0 Å². The maximum Gasteiger partial charge on any atom is 0.158 e. The Bertz CT molecular complexity index is 193. The van der Waals surface area contributed by atoms with E-state index < -0.39 is 0 Å². The first-order chi connectivity index (χ1) is 8.24. The Hall–Kier alpha value is -0.340. The van der Waals surface area contributed by atoms with Crippen LogP contribution < -0.4 is 0 Å². The van der Waals surface area contributed by atoms with Gasteiger partial charge in [-0.15, -0.1) is 6.58 Å². The quantitative estimate of drug-likeness (QED) is 0.438.